The number of cyclic esters (lactones) is 1. The zero-order chi connectivity index (χ0) is 18.6. The molecule has 0 radical (unpaired) electrons. The molecule has 1 aromatic rings. The second kappa shape index (κ2) is 7.57. The van der Waals surface area contributed by atoms with Crippen LogP contribution in [0.4, 0.5) is 9.18 Å². The summed E-state index contributed by atoms with van der Waals surface area (Å²) in [6.07, 6.45) is -0.822. The highest BCUT2D eigenvalue weighted by Gasteiger charge is 2.29. The molecule has 1 aliphatic heterocycles. The first-order chi connectivity index (χ1) is 11.7. The maximum absolute atomic E-state index is 12.9. The smallest absolute Gasteiger partial charge is 0.416 e. The van der Waals surface area contributed by atoms with Crippen LogP contribution in [0, 0.1) is 5.82 Å². The van der Waals surface area contributed by atoms with Gasteiger partial charge in [-0.1, -0.05) is 0 Å². The number of halogens is 1. The van der Waals surface area contributed by atoms with Crippen LogP contribution >= 0.6 is 0 Å². The van der Waals surface area contributed by atoms with Crippen LogP contribution in [0.5, 0.6) is 0 Å². The summed E-state index contributed by atoms with van der Waals surface area (Å²) in [6, 6.07) is 4.09. The number of sulfonamides is 1. The van der Waals surface area contributed by atoms with Crippen molar-refractivity contribution in [3.05, 3.63) is 30.1 Å². The van der Waals surface area contributed by atoms with Crippen molar-refractivity contribution >= 4 is 28.0 Å². The molecule has 1 fully saturated rings. The molecule has 0 bridgehead atoms. The normalized spacial score (nSPS) is 14.5. The summed E-state index contributed by atoms with van der Waals surface area (Å²) in [4.78, 5) is 35.2. The van der Waals surface area contributed by atoms with Gasteiger partial charge in [0.2, 0.25) is 10.0 Å². The molecule has 1 aromatic carbocycles. The van der Waals surface area contributed by atoms with Gasteiger partial charge in [0.1, 0.15) is 19.0 Å². The lowest BCUT2D eigenvalue weighted by Gasteiger charge is -2.17. The standard InChI is InChI=1S/C14H15FN2O7S/c1-16(25(21,22)11-4-2-10(15)3-5-11)8-13(19)24-9-12(18)17-6-7-23-14(17)20/h2-5H,6-9H2,1H3. The third-order valence-corrected chi connectivity index (χ3v) is 5.11. The van der Waals surface area contributed by atoms with Crippen molar-refractivity contribution in [2.24, 2.45) is 0 Å². The van der Waals surface area contributed by atoms with E-state index in [9.17, 15) is 27.2 Å². The van der Waals surface area contributed by atoms with Gasteiger partial charge in [-0.25, -0.2) is 22.5 Å². The summed E-state index contributed by atoms with van der Waals surface area (Å²) >= 11 is 0. The van der Waals surface area contributed by atoms with Crippen LogP contribution in [0.1, 0.15) is 0 Å². The van der Waals surface area contributed by atoms with Crippen molar-refractivity contribution in [2.45, 2.75) is 4.90 Å². The Morgan fingerprint density at radius 1 is 1.32 bits per heavy atom. The van der Waals surface area contributed by atoms with Crippen LogP contribution in [0.2, 0.25) is 0 Å². The summed E-state index contributed by atoms with van der Waals surface area (Å²) < 4.78 is 47.3. The molecule has 11 heteroatoms. The number of likely N-dealkylation sites (N-methyl/N-ethyl adjacent to an activating group) is 1. The number of rotatable bonds is 6. The maximum atomic E-state index is 12.9. The van der Waals surface area contributed by atoms with E-state index in [0.29, 0.717) is 4.31 Å². The minimum Gasteiger partial charge on any atom is -0.455 e. The minimum atomic E-state index is -4.02. The van der Waals surface area contributed by atoms with Crippen molar-refractivity contribution in [1.29, 1.82) is 0 Å². The van der Waals surface area contributed by atoms with E-state index in [0.717, 1.165) is 36.2 Å². The van der Waals surface area contributed by atoms with Gasteiger partial charge in [-0.15, -0.1) is 0 Å². The van der Waals surface area contributed by atoms with E-state index in [2.05, 4.69) is 9.47 Å². The number of imide groups is 1. The monoisotopic (exact) mass is 374 g/mol. The number of esters is 1. The molecule has 9 nitrogen and oxygen atoms in total. The number of amides is 2. The molecular formula is C14H15FN2O7S. The first-order valence-electron chi connectivity index (χ1n) is 7.06. The first kappa shape index (κ1) is 18.8. The van der Waals surface area contributed by atoms with Crippen molar-refractivity contribution in [1.82, 2.24) is 9.21 Å². The number of hydrogen-bond acceptors (Lipinski definition) is 7. The van der Waals surface area contributed by atoms with Gasteiger partial charge in [-0.05, 0) is 24.3 Å². The Bertz CT molecular complexity index is 779. The molecule has 0 saturated carbocycles. The maximum Gasteiger partial charge on any atom is 0.416 e. The molecule has 0 aromatic heterocycles. The van der Waals surface area contributed by atoms with Gasteiger partial charge in [-0.3, -0.25) is 9.59 Å². The Hall–Kier alpha value is -2.53. The van der Waals surface area contributed by atoms with Crippen LogP contribution < -0.4 is 0 Å². The molecule has 0 aliphatic carbocycles. The van der Waals surface area contributed by atoms with Crippen LogP contribution in [-0.4, -0.2) is 68.9 Å². The molecule has 1 saturated heterocycles. The second-order valence-electron chi connectivity index (χ2n) is 5.04. The molecule has 0 unspecified atom stereocenters. The summed E-state index contributed by atoms with van der Waals surface area (Å²) in [5.74, 6) is -2.34. The van der Waals surface area contributed by atoms with E-state index in [1.165, 1.54) is 0 Å². The van der Waals surface area contributed by atoms with Gasteiger partial charge in [-0.2, -0.15) is 4.31 Å². The fourth-order valence-corrected chi connectivity index (χ4v) is 3.05. The fraction of sp³-hybridized carbons (Fsp3) is 0.357. The number of ether oxygens (including phenoxy) is 2. The SMILES string of the molecule is CN(CC(=O)OCC(=O)N1CCOC1=O)S(=O)(=O)c1ccc(F)cc1. The predicted molar refractivity (Wildman–Crippen MR) is 80.2 cm³/mol. The number of carbonyl (C=O) groups excluding carboxylic acids is 3. The summed E-state index contributed by atoms with van der Waals surface area (Å²) in [7, 11) is -2.88. The van der Waals surface area contributed by atoms with Gasteiger partial charge in [0.25, 0.3) is 5.91 Å². The summed E-state index contributed by atoms with van der Waals surface area (Å²) in [5.41, 5.74) is 0. The van der Waals surface area contributed by atoms with Crippen LogP contribution in [0.25, 0.3) is 0 Å². The molecule has 0 spiro atoms. The van der Waals surface area contributed by atoms with Gasteiger partial charge in [0.15, 0.2) is 6.61 Å². The minimum absolute atomic E-state index is 0.0636. The Morgan fingerprint density at radius 3 is 2.52 bits per heavy atom. The molecule has 1 heterocycles. The lowest BCUT2D eigenvalue weighted by molar-refractivity contribution is -0.150. The molecule has 0 atom stereocenters. The quantitative estimate of drug-likeness (QED) is 0.643. The highest BCUT2D eigenvalue weighted by atomic mass is 32.2. The fourth-order valence-electron chi connectivity index (χ4n) is 1.94. The molecule has 25 heavy (non-hydrogen) atoms. The first-order valence-corrected chi connectivity index (χ1v) is 8.50. The zero-order valence-electron chi connectivity index (χ0n) is 13.2. The van der Waals surface area contributed by atoms with E-state index in [4.69, 9.17) is 0 Å². The van der Waals surface area contributed by atoms with Crippen molar-refractivity contribution in [3.8, 4) is 0 Å². The average Bonchev–Trinajstić information content (AvgIpc) is 2.99. The third-order valence-electron chi connectivity index (χ3n) is 3.29. The lowest BCUT2D eigenvalue weighted by atomic mass is 10.4. The molecule has 2 amide bonds. The van der Waals surface area contributed by atoms with Crippen LogP contribution in [0.15, 0.2) is 29.2 Å². The number of benzene rings is 1. The number of nitrogens with zero attached hydrogens (tertiary/aromatic N) is 2. The molecule has 2 rings (SSSR count). The Morgan fingerprint density at radius 2 is 1.96 bits per heavy atom. The highest BCUT2D eigenvalue weighted by Crippen LogP contribution is 2.14. The topological polar surface area (TPSA) is 110 Å². The zero-order valence-corrected chi connectivity index (χ0v) is 14.0. The van der Waals surface area contributed by atoms with Crippen LogP contribution in [0.3, 0.4) is 0 Å². The van der Waals surface area contributed by atoms with Gasteiger partial charge >= 0.3 is 12.1 Å². The molecular weight excluding hydrogens is 359 g/mol. The molecule has 1 aliphatic rings. The predicted octanol–water partition coefficient (Wildman–Crippen LogP) is -0.0318. The van der Waals surface area contributed by atoms with Gasteiger partial charge in [0, 0.05) is 7.05 Å². The van der Waals surface area contributed by atoms with Crippen molar-refractivity contribution < 1.29 is 36.7 Å². The van der Waals surface area contributed by atoms with E-state index in [1.54, 1.807) is 0 Å². The lowest BCUT2D eigenvalue weighted by Crippen LogP contribution is -2.37. The Labute approximate surface area is 143 Å². The van der Waals surface area contributed by atoms with E-state index in [-0.39, 0.29) is 18.0 Å². The Balaban J connectivity index is 1.90. The van der Waals surface area contributed by atoms with Crippen molar-refractivity contribution in [2.75, 3.05) is 33.4 Å². The highest BCUT2D eigenvalue weighted by molar-refractivity contribution is 7.89. The van der Waals surface area contributed by atoms with E-state index < -0.39 is 47.0 Å². The number of hydrogen-bond donors (Lipinski definition) is 0. The van der Waals surface area contributed by atoms with Crippen LogP contribution in [-0.2, 0) is 29.1 Å². The van der Waals surface area contributed by atoms with Crippen molar-refractivity contribution in [3.63, 3.8) is 0 Å². The van der Waals surface area contributed by atoms with E-state index >= 15 is 0 Å². The second-order valence-corrected chi connectivity index (χ2v) is 7.08. The average molecular weight is 374 g/mol. The van der Waals surface area contributed by atoms with Gasteiger partial charge < -0.3 is 9.47 Å². The van der Waals surface area contributed by atoms with E-state index in [1.807, 2.05) is 0 Å². The Kier molecular flexibility index (Phi) is 5.69. The summed E-state index contributed by atoms with van der Waals surface area (Å²) in [6.45, 7) is -1.24. The third kappa shape index (κ3) is 4.51. The number of carbonyl (C=O) groups is 3. The largest absolute Gasteiger partial charge is 0.455 e. The molecule has 136 valence electrons. The molecule has 0 N–H and O–H groups in total. The summed E-state index contributed by atoms with van der Waals surface area (Å²) in [5, 5.41) is 0. The van der Waals surface area contributed by atoms with Gasteiger partial charge in [0.05, 0.1) is 11.4 Å².